The second-order valence-electron chi connectivity index (χ2n) is 6.21. The molecule has 0 aliphatic carbocycles. The fourth-order valence-electron chi connectivity index (χ4n) is 2.74. The molecular formula is C16H24FNO. The second-order valence-corrected chi connectivity index (χ2v) is 6.21. The quantitative estimate of drug-likeness (QED) is 0.886. The zero-order valence-electron chi connectivity index (χ0n) is 12.3. The fourth-order valence-corrected chi connectivity index (χ4v) is 2.74. The molecule has 2 nitrogen and oxygen atoms in total. The minimum atomic E-state index is -0.235. The lowest BCUT2D eigenvalue weighted by Crippen LogP contribution is -2.41. The first-order valence-corrected chi connectivity index (χ1v) is 7.09. The Hall–Kier alpha value is -1.09. The molecule has 2 rings (SSSR count). The van der Waals surface area contributed by atoms with Crippen molar-refractivity contribution in [2.75, 3.05) is 7.05 Å². The summed E-state index contributed by atoms with van der Waals surface area (Å²) >= 11 is 0. The van der Waals surface area contributed by atoms with Crippen LogP contribution in [0.25, 0.3) is 0 Å². The molecule has 19 heavy (non-hydrogen) atoms. The Kier molecular flexibility index (Phi) is 4.14. The van der Waals surface area contributed by atoms with Crippen molar-refractivity contribution < 1.29 is 9.13 Å². The van der Waals surface area contributed by atoms with Crippen molar-refractivity contribution in [1.29, 1.82) is 0 Å². The number of fused-ring (bicyclic) bond motifs is 1. The second kappa shape index (κ2) is 5.49. The van der Waals surface area contributed by atoms with Crippen molar-refractivity contribution in [3.05, 3.63) is 29.6 Å². The minimum Gasteiger partial charge on any atom is -0.487 e. The van der Waals surface area contributed by atoms with E-state index in [9.17, 15) is 4.39 Å². The Morgan fingerprint density at radius 3 is 2.84 bits per heavy atom. The normalized spacial score (nSPS) is 26.1. The molecule has 106 valence electrons. The number of rotatable bonds is 4. The lowest BCUT2D eigenvalue weighted by molar-refractivity contribution is 0.0356. The molecule has 2 atom stereocenters. The summed E-state index contributed by atoms with van der Waals surface area (Å²) < 4.78 is 19.5. The molecule has 2 unspecified atom stereocenters. The van der Waals surface area contributed by atoms with Gasteiger partial charge in [0.05, 0.1) is 0 Å². The van der Waals surface area contributed by atoms with Crippen LogP contribution < -0.4 is 10.1 Å². The topological polar surface area (TPSA) is 21.3 Å². The Labute approximate surface area is 115 Å². The summed E-state index contributed by atoms with van der Waals surface area (Å²) in [5, 5.41) is 3.32. The van der Waals surface area contributed by atoms with Crippen LogP contribution in [-0.4, -0.2) is 12.6 Å². The summed E-state index contributed by atoms with van der Waals surface area (Å²) in [7, 11) is 1.95. The molecule has 0 aromatic heterocycles. The fraction of sp³-hybridized carbons (Fsp3) is 0.625. The summed E-state index contributed by atoms with van der Waals surface area (Å²) in [4.78, 5) is 0. The molecule has 0 bridgehead atoms. The molecule has 0 fully saturated rings. The van der Waals surface area contributed by atoms with Crippen molar-refractivity contribution >= 4 is 0 Å². The van der Waals surface area contributed by atoms with E-state index in [1.54, 1.807) is 0 Å². The van der Waals surface area contributed by atoms with Crippen molar-refractivity contribution in [3.8, 4) is 5.75 Å². The van der Waals surface area contributed by atoms with Gasteiger partial charge >= 0.3 is 0 Å². The summed E-state index contributed by atoms with van der Waals surface area (Å²) in [5.74, 6) is 1.11. The van der Waals surface area contributed by atoms with Crippen molar-refractivity contribution in [2.45, 2.75) is 51.7 Å². The molecule has 1 aliphatic rings. The lowest BCUT2D eigenvalue weighted by atomic mass is 9.84. The number of nitrogens with one attached hydrogen (secondary N) is 1. The van der Waals surface area contributed by atoms with Gasteiger partial charge in [-0.05, 0) is 38.8 Å². The van der Waals surface area contributed by atoms with Crippen LogP contribution >= 0.6 is 0 Å². The predicted molar refractivity (Wildman–Crippen MR) is 75.9 cm³/mol. The molecule has 0 amide bonds. The van der Waals surface area contributed by atoms with E-state index < -0.39 is 0 Å². The van der Waals surface area contributed by atoms with Crippen molar-refractivity contribution in [2.24, 2.45) is 5.92 Å². The molecule has 1 aromatic carbocycles. The van der Waals surface area contributed by atoms with Gasteiger partial charge in [0.25, 0.3) is 0 Å². The first-order valence-electron chi connectivity index (χ1n) is 7.09. The van der Waals surface area contributed by atoms with Gasteiger partial charge in [0.2, 0.25) is 0 Å². The zero-order valence-corrected chi connectivity index (χ0v) is 12.3. The standard InChI is InChI=1S/C16H24FNO/c1-11(2)7-8-16(3)10-14(18-4)13-6-5-12(17)9-15(13)19-16/h5-6,9,11,14,18H,7-8,10H2,1-4H3. The number of halogens is 1. The molecular weight excluding hydrogens is 241 g/mol. The average Bonchev–Trinajstić information content (AvgIpc) is 2.35. The van der Waals surface area contributed by atoms with Gasteiger partial charge in [-0.15, -0.1) is 0 Å². The minimum absolute atomic E-state index is 0.210. The van der Waals surface area contributed by atoms with Gasteiger partial charge in [-0.2, -0.15) is 0 Å². The third-order valence-corrected chi connectivity index (χ3v) is 3.94. The van der Waals surface area contributed by atoms with Gasteiger partial charge in [0.1, 0.15) is 17.2 Å². The van der Waals surface area contributed by atoms with Crippen LogP contribution in [-0.2, 0) is 0 Å². The Morgan fingerprint density at radius 1 is 1.47 bits per heavy atom. The van der Waals surface area contributed by atoms with Gasteiger partial charge in [0.15, 0.2) is 0 Å². The van der Waals surface area contributed by atoms with E-state index in [2.05, 4.69) is 26.1 Å². The molecule has 0 saturated carbocycles. The van der Waals surface area contributed by atoms with E-state index in [4.69, 9.17) is 4.74 Å². The smallest absolute Gasteiger partial charge is 0.127 e. The molecule has 0 radical (unpaired) electrons. The van der Waals surface area contributed by atoms with Crippen LogP contribution in [0.1, 0.15) is 51.6 Å². The average molecular weight is 265 g/mol. The molecule has 1 N–H and O–H groups in total. The van der Waals surface area contributed by atoms with Gasteiger partial charge < -0.3 is 10.1 Å². The van der Waals surface area contributed by atoms with Crippen LogP contribution in [0.5, 0.6) is 5.75 Å². The summed E-state index contributed by atoms with van der Waals surface area (Å²) in [6.07, 6.45) is 3.05. The van der Waals surface area contributed by atoms with Gasteiger partial charge in [-0.3, -0.25) is 0 Å². The Morgan fingerprint density at radius 2 is 2.21 bits per heavy atom. The highest BCUT2D eigenvalue weighted by Crippen LogP contribution is 2.42. The molecule has 3 heteroatoms. The van der Waals surface area contributed by atoms with E-state index in [1.807, 2.05) is 13.1 Å². The van der Waals surface area contributed by atoms with Gasteiger partial charge in [0, 0.05) is 24.1 Å². The number of benzene rings is 1. The molecule has 0 spiro atoms. The first kappa shape index (κ1) is 14.3. The largest absolute Gasteiger partial charge is 0.487 e. The third-order valence-electron chi connectivity index (χ3n) is 3.94. The van der Waals surface area contributed by atoms with Crippen molar-refractivity contribution in [1.82, 2.24) is 5.32 Å². The number of hydrogen-bond acceptors (Lipinski definition) is 2. The Bertz CT molecular complexity index is 446. The number of ether oxygens (including phenoxy) is 1. The highest BCUT2D eigenvalue weighted by molar-refractivity contribution is 5.39. The van der Waals surface area contributed by atoms with E-state index in [0.29, 0.717) is 11.7 Å². The number of hydrogen-bond donors (Lipinski definition) is 1. The van der Waals surface area contributed by atoms with Crippen LogP contribution in [0.3, 0.4) is 0 Å². The van der Waals surface area contributed by atoms with Gasteiger partial charge in [-0.1, -0.05) is 19.9 Å². The van der Waals surface area contributed by atoms with Crippen LogP contribution in [0.15, 0.2) is 18.2 Å². The zero-order chi connectivity index (χ0) is 14.0. The third kappa shape index (κ3) is 3.27. The van der Waals surface area contributed by atoms with Crippen LogP contribution in [0.4, 0.5) is 4.39 Å². The summed E-state index contributed by atoms with van der Waals surface area (Å²) in [6, 6.07) is 5.07. The molecule has 1 aromatic rings. The van der Waals surface area contributed by atoms with Crippen LogP contribution in [0, 0.1) is 11.7 Å². The van der Waals surface area contributed by atoms with Gasteiger partial charge in [-0.25, -0.2) is 4.39 Å². The first-order chi connectivity index (χ1) is 8.93. The Balaban J connectivity index is 2.24. The predicted octanol–water partition coefficient (Wildman–Crippen LogP) is 4.06. The molecule has 1 heterocycles. The monoisotopic (exact) mass is 265 g/mol. The van der Waals surface area contributed by atoms with Crippen LogP contribution in [0.2, 0.25) is 0 Å². The van der Waals surface area contributed by atoms with E-state index in [0.717, 1.165) is 24.8 Å². The van der Waals surface area contributed by atoms with E-state index >= 15 is 0 Å². The maximum Gasteiger partial charge on any atom is 0.127 e. The maximum atomic E-state index is 13.4. The summed E-state index contributed by atoms with van der Waals surface area (Å²) in [5.41, 5.74) is 0.851. The van der Waals surface area contributed by atoms with E-state index in [1.165, 1.54) is 12.1 Å². The lowest BCUT2D eigenvalue weighted by Gasteiger charge is -2.40. The maximum absolute atomic E-state index is 13.4. The highest BCUT2D eigenvalue weighted by Gasteiger charge is 2.36. The molecule has 0 saturated heterocycles. The molecule has 1 aliphatic heterocycles. The van der Waals surface area contributed by atoms with E-state index in [-0.39, 0.29) is 17.5 Å². The van der Waals surface area contributed by atoms with Crippen molar-refractivity contribution in [3.63, 3.8) is 0 Å². The highest BCUT2D eigenvalue weighted by atomic mass is 19.1. The summed E-state index contributed by atoms with van der Waals surface area (Å²) in [6.45, 7) is 6.57. The SMILES string of the molecule is CNC1CC(C)(CCC(C)C)Oc2cc(F)ccc21.